The van der Waals surface area contributed by atoms with E-state index in [2.05, 4.69) is 67.6 Å². The van der Waals surface area contributed by atoms with Gasteiger partial charge in [0.15, 0.2) is 5.82 Å². The molecule has 1 aromatic heterocycles. The van der Waals surface area contributed by atoms with Gasteiger partial charge in [-0.3, -0.25) is 0 Å². The number of benzene rings is 1. The first-order chi connectivity index (χ1) is 9.37. The molecule has 108 valence electrons. The third-order valence-electron chi connectivity index (χ3n) is 3.09. The molecule has 2 rings (SSSR count). The van der Waals surface area contributed by atoms with Gasteiger partial charge in [0.1, 0.15) is 0 Å². The summed E-state index contributed by atoms with van der Waals surface area (Å²) in [6.45, 7) is 11.4. The molecule has 0 atom stereocenters. The van der Waals surface area contributed by atoms with Crippen molar-refractivity contribution in [1.82, 2.24) is 25.5 Å². The molecule has 0 aliphatic heterocycles. The van der Waals surface area contributed by atoms with Crippen molar-refractivity contribution in [1.29, 1.82) is 0 Å². The minimum absolute atomic E-state index is 0.0383. The van der Waals surface area contributed by atoms with Crippen LogP contribution in [-0.4, -0.2) is 25.7 Å². The van der Waals surface area contributed by atoms with Crippen LogP contribution in [0.5, 0.6) is 0 Å². The predicted molar refractivity (Wildman–Crippen MR) is 79.8 cm³/mol. The van der Waals surface area contributed by atoms with E-state index >= 15 is 0 Å². The SMILES string of the molecule is CC(C)c1cccc(-n2nnnc2CNC(C)(C)C)c1. The largest absolute Gasteiger partial charge is 0.305 e. The topological polar surface area (TPSA) is 55.6 Å². The average molecular weight is 273 g/mol. The summed E-state index contributed by atoms with van der Waals surface area (Å²) in [6, 6.07) is 8.35. The van der Waals surface area contributed by atoms with E-state index < -0.39 is 0 Å². The second kappa shape index (κ2) is 5.71. The Morgan fingerprint density at radius 2 is 2.00 bits per heavy atom. The van der Waals surface area contributed by atoms with Crippen LogP contribution in [0.4, 0.5) is 0 Å². The third kappa shape index (κ3) is 3.63. The zero-order valence-electron chi connectivity index (χ0n) is 12.9. The lowest BCUT2D eigenvalue weighted by molar-refractivity contribution is 0.415. The highest BCUT2D eigenvalue weighted by Gasteiger charge is 2.13. The van der Waals surface area contributed by atoms with Crippen molar-refractivity contribution in [2.24, 2.45) is 0 Å². The fraction of sp³-hybridized carbons (Fsp3) is 0.533. The van der Waals surface area contributed by atoms with Crippen LogP contribution in [0.15, 0.2) is 24.3 Å². The van der Waals surface area contributed by atoms with Crippen molar-refractivity contribution < 1.29 is 0 Å². The normalized spacial score (nSPS) is 12.1. The maximum Gasteiger partial charge on any atom is 0.170 e. The molecule has 2 aromatic rings. The molecule has 0 bridgehead atoms. The lowest BCUT2D eigenvalue weighted by atomic mass is 10.0. The number of rotatable bonds is 4. The smallest absolute Gasteiger partial charge is 0.170 e. The van der Waals surface area contributed by atoms with Crippen molar-refractivity contribution in [3.8, 4) is 5.69 Å². The molecular formula is C15H23N5. The van der Waals surface area contributed by atoms with Gasteiger partial charge in [-0.25, -0.2) is 0 Å². The standard InChI is InChI=1S/C15H23N5/c1-11(2)12-7-6-8-13(9-12)20-14(17-18-19-20)10-16-15(3,4)5/h6-9,11,16H,10H2,1-5H3. The molecule has 5 heteroatoms. The molecule has 0 aliphatic rings. The molecule has 0 aliphatic carbocycles. The van der Waals surface area contributed by atoms with Crippen molar-refractivity contribution in [3.05, 3.63) is 35.7 Å². The average Bonchev–Trinajstić information content (AvgIpc) is 2.84. The number of hydrogen-bond acceptors (Lipinski definition) is 4. The van der Waals surface area contributed by atoms with Crippen molar-refractivity contribution in [2.45, 2.75) is 52.6 Å². The number of hydrogen-bond donors (Lipinski definition) is 1. The summed E-state index contributed by atoms with van der Waals surface area (Å²) >= 11 is 0. The van der Waals surface area contributed by atoms with E-state index in [9.17, 15) is 0 Å². The lowest BCUT2D eigenvalue weighted by Crippen LogP contribution is -2.35. The Morgan fingerprint density at radius 1 is 1.25 bits per heavy atom. The maximum absolute atomic E-state index is 4.11. The van der Waals surface area contributed by atoms with Gasteiger partial charge in [-0.05, 0) is 54.8 Å². The molecule has 1 heterocycles. The van der Waals surface area contributed by atoms with E-state index in [1.54, 1.807) is 4.68 Å². The van der Waals surface area contributed by atoms with Gasteiger partial charge in [0.05, 0.1) is 12.2 Å². The summed E-state index contributed by atoms with van der Waals surface area (Å²) in [5.74, 6) is 1.31. The minimum atomic E-state index is 0.0383. The quantitative estimate of drug-likeness (QED) is 0.930. The molecule has 1 aromatic carbocycles. The second-order valence-electron chi connectivity index (χ2n) is 6.36. The summed E-state index contributed by atoms with van der Waals surface area (Å²) in [5.41, 5.74) is 2.33. The molecule has 5 nitrogen and oxygen atoms in total. The van der Waals surface area contributed by atoms with Gasteiger partial charge in [0.2, 0.25) is 0 Å². The summed E-state index contributed by atoms with van der Waals surface area (Å²) in [7, 11) is 0. The first-order valence-corrected chi connectivity index (χ1v) is 6.99. The second-order valence-corrected chi connectivity index (χ2v) is 6.36. The highest BCUT2D eigenvalue weighted by atomic mass is 15.5. The number of nitrogens with zero attached hydrogens (tertiary/aromatic N) is 4. The highest BCUT2D eigenvalue weighted by molar-refractivity contribution is 5.36. The first-order valence-electron chi connectivity index (χ1n) is 6.99. The summed E-state index contributed by atoms with van der Waals surface area (Å²) in [5, 5.41) is 15.4. The molecule has 20 heavy (non-hydrogen) atoms. The molecule has 0 amide bonds. The number of nitrogens with one attached hydrogen (secondary N) is 1. The van der Waals surface area contributed by atoms with Crippen LogP contribution in [-0.2, 0) is 6.54 Å². The van der Waals surface area contributed by atoms with Crippen LogP contribution in [0.1, 0.15) is 51.9 Å². The van der Waals surface area contributed by atoms with E-state index in [4.69, 9.17) is 0 Å². The van der Waals surface area contributed by atoms with Crippen LogP contribution >= 0.6 is 0 Å². The van der Waals surface area contributed by atoms with Crippen LogP contribution in [0.3, 0.4) is 0 Å². The minimum Gasteiger partial charge on any atom is -0.305 e. The van der Waals surface area contributed by atoms with Gasteiger partial charge in [0.25, 0.3) is 0 Å². The van der Waals surface area contributed by atoms with Crippen LogP contribution in [0.2, 0.25) is 0 Å². The monoisotopic (exact) mass is 273 g/mol. The first kappa shape index (κ1) is 14.7. The van der Waals surface area contributed by atoms with Crippen molar-refractivity contribution in [3.63, 3.8) is 0 Å². The van der Waals surface area contributed by atoms with Crippen molar-refractivity contribution >= 4 is 0 Å². The molecule has 0 saturated carbocycles. The van der Waals surface area contributed by atoms with E-state index in [0.29, 0.717) is 12.5 Å². The molecule has 0 saturated heterocycles. The predicted octanol–water partition coefficient (Wildman–Crippen LogP) is 2.67. The Morgan fingerprint density at radius 3 is 2.65 bits per heavy atom. The fourth-order valence-electron chi connectivity index (χ4n) is 1.88. The van der Waals surface area contributed by atoms with E-state index in [0.717, 1.165) is 11.5 Å². The van der Waals surface area contributed by atoms with E-state index in [1.807, 2.05) is 12.1 Å². The van der Waals surface area contributed by atoms with Crippen LogP contribution in [0.25, 0.3) is 5.69 Å². The van der Waals surface area contributed by atoms with Gasteiger partial charge in [-0.2, -0.15) is 4.68 Å². The van der Waals surface area contributed by atoms with E-state index in [-0.39, 0.29) is 5.54 Å². The summed E-state index contributed by atoms with van der Waals surface area (Å²) in [6.07, 6.45) is 0. The zero-order chi connectivity index (χ0) is 14.8. The molecule has 0 unspecified atom stereocenters. The third-order valence-corrected chi connectivity index (χ3v) is 3.09. The molecule has 0 spiro atoms. The number of aromatic nitrogens is 4. The van der Waals surface area contributed by atoms with Gasteiger partial charge in [0, 0.05) is 5.54 Å². The fourth-order valence-corrected chi connectivity index (χ4v) is 1.88. The molecule has 1 N–H and O–H groups in total. The zero-order valence-corrected chi connectivity index (χ0v) is 12.9. The van der Waals surface area contributed by atoms with Gasteiger partial charge < -0.3 is 5.32 Å². The lowest BCUT2D eigenvalue weighted by Gasteiger charge is -2.20. The highest BCUT2D eigenvalue weighted by Crippen LogP contribution is 2.18. The Bertz CT molecular complexity index is 566. The Kier molecular flexibility index (Phi) is 4.18. The summed E-state index contributed by atoms with van der Waals surface area (Å²) < 4.78 is 1.80. The Hall–Kier alpha value is -1.75. The molecular weight excluding hydrogens is 250 g/mol. The Balaban J connectivity index is 2.25. The Labute approximate surface area is 120 Å². The van der Waals surface area contributed by atoms with Gasteiger partial charge >= 0.3 is 0 Å². The van der Waals surface area contributed by atoms with Gasteiger partial charge in [-0.15, -0.1) is 5.10 Å². The molecule has 0 radical (unpaired) electrons. The number of tetrazole rings is 1. The van der Waals surface area contributed by atoms with Crippen LogP contribution < -0.4 is 5.32 Å². The van der Waals surface area contributed by atoms with Crippen molar-refractivity contribution in [2.75, 3.05) is 0 Å². The summed E-state index contributed by atoms with van der Waals surface area (Å²) in [4.78, 5) is 0. The molecule has 0 fully saturated rings. The van der Waals surface area contributed by atoms with Crippen LogP contribution in [0, 0.1) is 0 Å². The maximum atomic E-state index is 4.11. The van der Waals surface area contributed by atoms with Gasteiger partial charge in [-0.1, -0.05) is 26.0 Å². The van der Waals surface area contributed by atoms with E-state index in [1.165, 1.54) is 5.56 Å².